The normalized spacial score (nSPS) is 46.5. The Labute approximate surface area is 240 Å². The third-order valence-corrected chi connectivity index (χ3v) is 14.6. The Balaban J connectivity index is 1.36. The maximum Gasteiger partial charge on any atom is 0.303 e. The maximum atomic E-state index is 10.9. The van der Waals surface area contributed by atoms with Crippen molar-refractivity contribution in [3.05, 3.63) is 12.2 Å². The predicted octanol–water partition coefficient (Wildman–Crippen LogP) is 9.41. The van der Waals surface area contributed by atoms with Gasteiger partial charge in [-0.15, -0.1) is 0 Å². The van der Waals surface area contributed by atoms with Crippen molar-refractivity contribution >= 4 is 5.97 Å². The second kappa shape index (κ2) is 10.5. The van der Waals surface area contributed by atoms with Crippen LogP contribution in [0.1, 0.15) is 144 Å². The number of aliphatic carboxylic acids is 1. The minimum Gasteiger partial charge on any atom is -0.481 e. The molecule has 0 spiro atoms. The molecule has 0 aromatic carbocycles. The molecule has 5 saturated carbocycles. The molecule has 5 aliphatic rings. The molecule has 0 radical (unpaired) electrons. The minimum atomic E-state index is -0.657. The first-order valence-electron chi connectivity index (χ1n) is 16.9. The van der Waals surface area contributed by atoms with Crippen molar-refractivity contribution < 1.29 is 9.90 Å². The molecule has 5 rings (SSSR count). The van der Waals surface area contributed by atoms with Crippen molar-refractivity contribution in [2.75, 3.05) is 6.54 Å². The van der Waals surface area contributed by atoms with Gasteiger partial charge in [0, 0.05) is 12.0 Å². The van der Waals surface area contributed by atoms with E-state index in [4.69, 9.17) is 5.11 Å². The van der Waals surface area contributed by atoms with Crippen LogP contribution in [0.4, 0.5) is 0 Å². The molecule has 39 heavy (non-hydrogen) atoms. The summed E-state index contributed by atoms with van der Waals surface area (Å²) in [5, 5.41) is 13.2. The highest BCUT2D eigenvalue weighted by atomic mass is 16.4. The van der Waals surface area contributed by atoms with Gasteiger partial charge in [0.15, 0.2) is 0 Å². The number of fused-ring (bicyclic) bond motifs is 7. The van der Waals surface area contributed by atoms with Gasteiger partial charge in [0.05, 0.1) is 0 Å². The van der Waals surface area contributed by atoms with Crippen LogP contribution in [0.5, 0.6) is 0 Å². The van der Waals surface area contributed by atoms with Gasteiger partial charge in [0.25, 0.3) is 0 Å². The number of allylic oxidation sites excluding steroid dienone is 1. The average Bonchev–Trinajstić information content (AvgIpc) is 3.23. The summed E-state index contributed by atoms with van der Waals surface area (Å²) in [6.07, 6.45) is 19.9. The Morgan fingerprint density at radius 1 is 0.821 bits per heavy atom. The van der Waals surface area contributed by atoms with Gasteiger partial charge >= 0.3 is 5.97 Å². The first kappa shape index (κ1) is 29.7. The zero-order valence-corrected chi connectivity index (χ0v) is 26.5. The van der Waals surface area contributed by atoms with Crippen LogP contribution in [-0.4, -0.2) is 23.2 Å². The third kappa shape index (κ3) is 4.67. The second-order valence-corrected chi connectivity index (χ2v) is 16.7. The van der Waals surface area contributed by atoms with Crippen molar-refractivity contribution in [2.24, 2.45) is 51.2 Å². The highest BCUT2D eigenvalue weighted by Crippen LogP contribution is 2.76. The quantitative estimate of drug-likeness (QED) is 0.227. The van der Waals surface area contributed by atoms with Crippen LogP contribution in [0, 0.1) is 51.2 Å². The summed E-state index contributed by atoms with van der Waals surface area (Å²) in [5.74, 6) is 3.31. The molecule has 3 nitrogen and oxygen atoms in total. The van der Waals surface area contributed by atoms with Crippen LogP contribution in [0.3, 0.4) is 0 Å². The smallest absolute Gasteiger partial charge is 0.303 e. The number of nitrogens with one attached hydrogen (secondary N) is 1. The first-order chi connectivity index (χ1) is 18.3. The van der Waals surface area contributed by atoms with E-state index in [0.29, 0.717) is 34.0 Å². The molecule has 0 aliphatic heterocycles. The van der Waals surface area contributed by atoms with E-state index >= 15 is 0 Å². The van der Waals surface area contributed by atoms with Crippen LogP contribution in [-0.2, 0) is 4.79 Å². The minimum absolute atomic E-state index is 0.284. The van der Waals surface area contributed by atoms with Gasteiger partial charge in [-0.25, -0.2) is 0 Å². The highest BCUT2D eigenvalue weighted by Gasteiger charge is 2.70. The van der Waals surface area contributed by atoms with Crippen LogP contribution in [0.15, 0.2) is 12.2 Å². The van der Waals surface area contributed by atoms with E-state index in [9.17, 15) is 4.79 Å². The third-order valence-electron chi connectivity index (χ3n) is 14.6. The Kier molecular flexibility index (Phi) is 7.96. The zero-order chi connectivity index (χ0) is 28.3. The van der Waals surface area contributed by atoms with Gasteiger partial charge in [-0.2, -0.15) is 0 Å². The van der Waals surface area contributed by atoms with Crippen LogP contribution in [0.2, 0.25) is 0 Å². The Morgan fingerprint density at radius 3 is 2.28 bits per heavy atom. The fraction of sp³-hybridized carbons (Fsp3) is 0.917. The van der Waals surface area contributed by atoms with Crippen molar-refractivity contribution in [2.45, 2.75) is 150 Å². The molecule has 0 amide bonds. The Morgan fingerprint density at radius 2 is 1.56 bits per heavy atom. The fourth-order valence-corrected chi connectivity index (χ4v) is 12.6. The van der Waals surface area contributed by atoms with Gasteiger partial charge < -0.3 is 10.4 Å². The number of carbonyl (C=O) groups is 1. The second-order valence-electron chi connectivity index (χ2n) is 16.7. The van der Waals surface area contributed by atoms with E-state index < -0.39 is 5.97 Å². The largest absolute Gasteiger partial charge is 0.481 e. The summed E-state index contributed by atoms with van der Waals surface area (Å²) < 4.78 is 0. The van der Waals surface area contributed by atoms with E-state index in [2.05, 4.69) is 53.4 Å². The molecule has 9 atom stereocenters. The molecular weight excluding hydrogens is 478 g/mol. The first-order valence-corrected chi connectivity index (χ1v) is 16.9. The molecule has 2 N–H and O–H groups in total. The molecule has 5 aliphatic carbocycles. The van der Waals surface area contributed by atoms with Crippen LogP contribution >= 0.6 is 0 Å². The Hall–Kier alpha value is -0.830. The number of hydrogen-bond acceptors (Lipinski definition) is 2. The summed E-state index contributed by atoms with van der Waals surface area (Å²) in [4.78, 5) is 10.9. The van der Waals surface area contributed by atoms with E-state index in [1.54, 1.807) is 0 Å². The fourth-order valence-electron chi connectivity index (χ4n) is 12.6. The molecule has 5 fully saturated rings. The SMILES string of the molecule is C=C(C)[C@@H]1CC[C@]2(NCCCCCCC(=O)O)CC[C@]3(C)C(CCC4[C@@]5(C)CCCC(C)(C)C5CC[C@]43C)C12. The van der Waals surface area contributed by atoms with Crippen molar-refractivity contribution in [1.82, 2.24) is 5.32 Å². The molecule has 222 valence electrons. The maximum absolute atomic E-state index is 10.9. The van der Waals surface area contributed by atoms with E-state index in [1.807, 2.05) is 0 Å². The monoisotopic (exact) mass is 539 g/mol. The van der Waals surface area contributed by atoms with Crippen molar-refractivity contribution in [3.8, 4) is 0 Å². The summed E-state index contributed by atoms with van der Waals surface area (Å²) >= 11 is 0. The van der Waals surface area contributed by atoms with Gasteiger partial charge in [-0.05, 0) is 142 Å². The Bertz CT molecular complexity index is 940. The molecule has 0 heterocycles. The topological polar surface area (TPSA) is 49.3 Å². The number of rotatable bonds is 9. The van der Waals surface area contributed by atoms with E-state index in [1.165, 1.54) is 82.6 Å². The zero-order valence-electron chi connectivity index (χ0n) is 26.5. The summed E-state index contributed by atoms with van der Waals surface area (Å²) in [6, 6.07) is 0. The van der Waals surface area contributed by atoms with Gasteiger partial charge in [-0.1, -0.05) is 66.0 Å². The van der Waals surface area contributed by atoms with Gasteiger partial charge in [-0.3, -0.25) is 4.79 Å². The summed E-state index contributed by atoms with van der Waals surface area (Å²) in [5.41, 5.74) is 3.61. The van der Waals surface area contributed by atoms with E-state index in [-0.39, 0.29) is 5.54 Å². The lowest BCUT2D eigenvalue weighted by Gasteiger charge is -2.72. The number of hydrogen-bond donors (Lipinski definition) is 2. The van der Waals surface area contributed by atoms with Gasteiger partial charge in [0.1, 0.15) is 0 Å². The van der Waals surface area contributed by atoms with Gasteiger partial charge in [0.2, 0.25) is 0 Å². The standard InChI is InChI=1S/C36H61NO2/c1-25(2)26-16-21-36(37-24-11-9-8-10-13-30(38)39)23-22-34(6)27(31(26)36)14-15-29-33(5)19-12-18-32(3,4)28(33)17-20-35(29,34)7/h26-29,31,37H,1,8-24H2,2-7H3,(H,38,39)/t26-,27?,28?,29?,31?,33-,34+,35+,36-/m0/s1. The molecule has 0 aromatic rings. The molecule has 0 bridgehead atoms. The highest BCUT2D eigenvalue weighted by molar-refractivity contribution is 5.66. The lowest BCUT2D eigenvalue weighted by Crippen LogP contribution is -2.68. The summed E-state index contributed by atoms with van der Waals surface area (Å²) in [6.45, 7) is 21.4. The molecule has 0 saturated heterocycles. The lowest BCUT2D eigenvalue weighted by molar-refractivity contribution is -0.231. The van der Waals surface area contributed by atoms with Crippen LogP contribution < -0.4 is 5.32 Å². The number of carboxylic acids is 1. The van der Waals surface area contributed by atoms with Crippen molar-refractivity contribution in [3.63, 3.8) is 0 Å². The number of carboxylic acid groups (broad SMARTS) is 1. The molecule has 4 unspecified atom stereocenters. The van der Waals surface area contributed by atoms with Crippen molar-refractivity contribution in [1.29, 1.82) is 0 Å². The molecular formula is C36H61NO2. The molecule has 3 heteroatoms. The average molecular weight is 540 g/mol. The number of unbranched alkanes of at least 4 members (excludes halogenated alkanes) is 3. The predicted molar refractivity (Wildman–Crippen MR) is 163 cm³/mol. The van der Waals surface area contributed by atoms with Crippen LogP contribution in [0.25, 0.3) is 0 Å². The summed E-state index contributed by atoms with van der Waals surface area (Å²) in [7, 11) is 0. The molecule has 0 aromatic heterocycles. The van der Waals surface area contributed by atoms with E-state index in [0.717, 1.165) is 49.5 Å². The lowest BCUT2D eigenvalue weighted by atomic mass is 9.33.